The van der Waals surface area contributed by atoms with E-state index in [0.717, 1.165) is 27.8 Å². The Morgan fingerprint density at radius 1 is 0.902 bits per heavy atom. The molecule has 1 atom stereocenters. The number of hydrogen-bond acceptors (Lipinski definition) is 5. The van der Waals surface area contributed by atoms with E-state index in [2.05, 4.69) is 11.4 Å². The Morgan fingerprint density at radius 2 is 1.59 bits per heavy atom. The lowest BCUT2D eigenvalue weighted by atomic mass is 9.97. The fourth-order valence-electron chi connectivity index (χ4n) is 4.85. The van der Waals surface area contributed by atoms with Gasteiger partial charge in [0, 0.05) is 22.4 Å². The highest BCUT2D eigenvalue weighted by Crippen LogP contribution is 2.34. The van der Waals surface area contributed by atoms with Crippen molar-refractivity contribution in [2.24, 2.45) is 0 Å². The fourth-order valence-corrected chi connectivity index (χ4v) is 4.85. The first-order valence-corrected chi connectivity index (χ1v) is 13.5. The topological polar surface area (TPSA) is 103 Å². The lowest BCUT2D eigenvalue weighted by molar-refractivity contribution is 0.0698. The molecule has 6 nitrogen and oxygen atoms in total. The number of nitriles is 1. The van der Waals surface area contributed by atoms with Gasteiger partial charge in [0.05, 0.1) is 28.6 Å². The number of para-hydroxylation sites is 1. The molecule has 4 aromatic carbocycles. The summed E-state index contributed by atoms with van der Waals surface area (Å²) in [5, 5.41) is 22.5. The Kier molecular flexibility index (Phi) is 8.69. The number of rotatable bonds is 6. The maximum atomic E-state index is 13.6. The highest BCUT2D eigenvalue weighted by atomic mass is 16.4. The molecular weight excluding hydrogens is 512 g/mol. The second kappa shape index (κ2) is 12.4. The molecule has 1 unspecified atom stereocenters. The van der Waals surface area contributed by atoms with E-state index in [1.165, 1.54) is 0 Å². The Morgan fingerprint density at radius 3 is 2.27 bits per heavy atom. The quantitative estimate of drug-likeness (QED) is 0.222. The van der Waals surface area contributed by atoms with Crippen LogP contribution in [0, 0.1) is 25.2 Å². The van der Waals surface area contributed by atoms with Crippen LogP contribution in [0.5, 0.6) is 0 Å². The summed E-state index contributed by atoms with van der Waals surface area (Å²) in [6, 6.07) is 27.4. The summed E-state index contributed by atoms with van der Waals surface area (Å²) in [4.78, 5) is 25.3. The molecule has 6 heteroatoms. The number of carbonyl (C=O) groups is 1. The van der Waals surface area contributed by atoms with Gasteiger partial charge in [0.15, 0.2) is 5.43 Å². The summed E-state index contributed by atoms with van der Waals surface area (Å²) in [5.74, 6) is -0.544. The van der Waals surface area contributed by atoms with Crippen LogP contribution >= 0.6 is 0 Å². The summed E-state index contributed by atoms with van der Waals surface area (Å²) in [7, 11) is 0. The second-order valence-electron chi connectivity index (χ2n) is 9.60. The van der Waals surface area contributed by atoms with Gasteiger partial charge in [0.2, 0.25) is 0 Å². The van der Waals surface area contributed by atoms with E-state index >= 15 is 0 Å². The molecule has 0 saturated carbocycles. The third-order valence-electron chi connectivity index (χ3n) is 6.86. The number of aromatic carboxylic acids is 1. The molecule has 0 aliphatic rings. The molecular formula is C35H32N2O4. The predicted octanol–water partition coefficient (Wildman–Crippen LogP) is 8.51. The van der Waals surface area contributed by atoms with Crippen LogP contribution in [0.2, 0.25) is 0 Å². The van der Waals surface area contributed by atoms with Crippen molar-refractivity contribution in [2.75, 3.05) is 5.32 Å². The molecule has 1 aromatic heterocycles. The largest absolute Gasteiger partial charge is 0.478 e. The SMILES string of the molecule is CC.Cc1cc(C(C)Nc2ccccc2C(=O)O)c2oc(-c3cccc(-c4ccc(C#N)cc4)c3)c(C)c(=O)c2c1. The van der Waals surface area contributed by atoms with Crippen molar-refractivity contribution in [1.82, 2.24) is 0 Å². The van der Waals surface area contributed by atoms with E-state index in [-0.39, 0.29) is 17.0 Å². The summed E-state index contributed by atoms with van der Waals surface area (Å²) in [6.45, 7) is 9.60. The zero-order valence-electron chi connectivity index (χ0n) is 23.8. The van der Waals surface area contributed by atoms with Gasteiger partial charge in [-0.2, -0.15) is 5.26 Å². The van der Waals surface area contributed by atoms with Gasteiger partial charge in [0.25, 0.3) is 0 Å². The molecule has 1 heterocycles. The smallest absolute Gasteiger partial charge is 0.337 e. The normalized spacial score (nSPS) is 11.2. The highest BCUT2D eigenvalue weighted by molar-refractivity contribution is 5.94. The number of aryl methyl sites for hydroxylation is 1. The van der Waals surface area contributed by atoms with Crippen molar-refractivity contribution >= 4 is 22.6 Å². The van der Waals surface area contributed by atoms with Gasteiger partial charge >= 0.3 is 5.97 Å². The van der Waals surface area contributed by atoms with Crippen molar-refractivity contribution < 1.29 is 14.3 Å². The molecule has 0 spiro atoms. The molecule has 41 heavy (non-hydrogen) atoms. The number of nitrogens with one attached hydrogen (secondary N) is 1. The van der Waals surface area contributed by atoms with E-state index in [4.69, 9.17) is 9.68 Å². The Hall–Kier alpha value is -5.15. The number of benzene rings is 4. The van der Waals surface area contributed by atoms with Crippen LogP contribution < -0.4 is 10.7 Å². The lowest BCUT2D eigenvalue weighted by Gasteiger charge is -2.20. The van der Waals surface area contributed by atoms with Crippen LogP contribution in [0.3, 0.4) is 0 Å². The Labute approximate surface area is 239 Å². The summed E-state index contributed by atoms with van der Waals surface area (Å²) < 4.78 is 6.51. The van der Waals surface area contributed by atoms with Crippen molar-refractivity contribution in [3.05, 3.63) is 123 Å². The third kappa shape index (κ3) is 5.90. The van der Waals surface area contributed by atoms with Crippen LogP contribution in [0.25, 0.3) is 33.4 Å². The zero-order chi connectivity index (χ0) is 29.7. The molecule has 2 N–H and O–H groups in total. The van der Waals surface area contributed by atoms with Gasteiger partial charge in [-0.3, -0.25) is 4.79 Å². The number of anilines is 1. The zero-order valence-corrected chi connectivity index (χ0v) is 23.8. The van der Waals surface area contributed by atoms with Crippen molar-refractivity contribution in [3.63, 3.8) is 0 Å². The number of nitrogens with zero attached hydrogens (tertiary/aromatic N) is 1. The van der Waals surface area contributed by atoms with Crippen LogP contribution in [-0.2, 0) is 0 Å². The van der Waals surface area contributed by atoms with E-state index < -0.39 is 5.97 Å². The first-order valence-electron chi connectivity index (χ1n) is 13.5. The summed E-state index contributed by atoms with van der Waals surface area (Å²) in [6.07, 6.45) is 0. The molecule has 0 aliphatic heterocycles. The molecule has 5 aromatic rings. The highest BCUT2D eigenvalue weighted by Gasteiger charge is 2.20. The molecule has 0 amide bonds. The van der Waals surface area contributed by atoms with Crippen LogP contribution in [0.4, 0.5) is 5.69 Å². The summed E-state index contributed by atoms with van der Waals surface area (Å²) in [5.41, 5.74) is 6.39. The molecule has 0 saturated heterocycles. The Bertz CT molecular complexity index is 1830. The van der Waals surface area contributed by atoms with Crippen molar-refractivity contribution in [3.8, 4) is 28.5 Å². The van der Waals surface area contributed by atoms with Gasteiger partial charge in [-0.05, 0) is 73.9 Å². The average Bonchev–Trinajstić information content (AvgIpc) is 3.00. The lowest BCUT2D eigenvalue weighted by Crippen LogP contribution is -2.14. The van der Waals surface area contributed by atoms with Gasteiger partial charge in [-0.25, -0.2) is 4.79 Å². The van der Waals surface area contributed by atoms with E-state index in [1.54, 1.807) is 43.3 Å². The maximum Gasteiger partial charge on any atom is 0.337 e. The molecule has 0 radical (unpaired) electrons. The second-order valence-corrected chi connectivity index (χ2v) is 9.60. The van der Waals surface area contributed by atoms with Gasteiger partial charge in [-0.1, -0.05) is 62.4 Å². The minimum atomic E-state index is -1.02. The molecule has 5 rings (SSSR count). The molecule has 206 valence electrons. The van der Waals surface area contributed by atoms with E-state index in [1.807, 2.05) is 76.2 Å². The van der Waals surface area contributed by atoms with Gasteiger partial charge < -0.3 is 14.8 Å². The predicted molar refractivity (Wildman–Crippen MR) is 164 cm³/mol. The number of fused-ring (bicyclic) bond motifs is 1. The fraction of sp³-hybridized carbons (Fsp3) is 0.171. The first kappa shape index (κ1) is 28.8. The minimum Gasteiger partial charge on any atom is -0.478 e. The van der Waals surface area contributed by atoms with Crippen molar-refractivity contribution in [1.29, 1.82) is 5.26 Å². The monoisotopic (exact) mass is 544 g/mol. The van der Waals surface area contributed by atoms with E-state index in [9.17, 15) is 14.7 Å². The molecule has 0 bridgehead atoms. The minimum absolute atomic E-state index is 0.113. The standard InChI is InChI=1S/C33H26N2O4.C2H6/c1-19-15-27(21(3)35-29-10-5-4-9-26(29)33(37)38)32-28(16-19)30(36)20(2)31(39-32)25-8-6-7-24(17-25)23-13-11-22(18-34)12-14-23;1-2/h4-17,21,35H,1-3H3,(H,37,38);1-2H3. The third-order valence-corrected chi connectivity index (χ3v) is 6.86. The molecule has 0 fully saturated rings. The number of hydrogen-bond donors (Lipinski definition) is 2. The van der Waals surface area contributed by atoms with Crippen LogP contribution in [-0.4, -0.2) is 11.1 Å². The number of carboxylic acid groups (broad SMARTS) is 1. The summed E-state index contributed by atoms with van der Waals surface area (Å²) >= 11 is 0. The molecule has 0 aliphatic carbocycles. The average molecular weight is 545 g/mol. The van der Waals surface area contributed by atoms with Gasteiger partial charge in [0.1, 0.15) is 11.3 Å². The Balaban J connectivity index is 0.00000189. The number of carboxylic acids is 1. The first-order chi connectivity index (χ1) is 19.8. The van der Waals surface area contributed by atoms with Crippen molar-refractivity contribution in [2.45, 2.75) is 40.7 Å². The van der Waals surface area contributed by atoms with E-state index in [0.29, 0.717) is 33.5 Å². The van der Waals surface area contributed by atoms with Crippen LogP contribution in [0.15, 0.2) is 94.1 Å². The maximum absolute atomic E-state index is 13.6. The van der Waals surface area contributed by atoms with Gasteiger partial charge in [-0.15, -0.1) is 0 Å². The van der Waals surface area contributed by atoms with Crippen LogP contribution in [0.1, 0.15) is 59.4 Å².